The van der Waals surface area contributed by atoms with Gasteiger partial charge >= 0.3 is 0 Å². The van der Waals surface area contributed by atoms with E-state index in [4.69, 9.17) is 4.98 Å². The maximum Gasteiger partial charge on any atom is 0.115 e. The summed E-state index contributed by atoms with van der Waals surface area (Å²) >= 11 is 0. The molecule has 0 radical (unpaired) electrons. The van der Waals surface area contributed by atoms with Crippen LogP contribution in [0, 0.1) is 5.92 Å². The van der Waals surface area contributed by atoms with Crippen molar-refractivity contribution < 1.29 is 5.11 Å². The van der Waals surface area contributed by atoms with Crippen molar-refractivity contribution in [2.75, 3.05) is 13.6 Å². The lowest BCUT2D eigenvalue weighted by Gasteiger charge is -2.58. The summed E-state index contributed by atoms with van der Waals surface area (Å²) in [7, 11) is 2.29. The largest absolute Gasteiger partial charge is 0.508 e. The molecule has 1 aromatic heterocycles. The molecule has 3 heteroatoms. The third-order valence-electron chi connectivity index (χ3n) is 7.53. The smallest absolute Gasteiger partial charge is 0.115 e. The molecule has 2 aliphatic carbocycles. The third kappa shape index (κ3) is 2.09. The van der Waals surface area contributed by atoms with Gasteiger partial charge in [-0.1, -0.05) is 24.3 Å². The van der Waals surface area contributed by atoms with E-state index in [9.17, 15) is 5.11 Å². The summed E-state index contributed by atoms with van der Waals surface area (Å²) in [6.45, 7) is 1.12. The van der Waals surface area contributed by atoms with Gasteiger partial charge in [0.25, 0.3) is 0 Å². The summed E-state index contributed by atoms with van der Waals surface area (Å²) in [5.74, 6) is 0.998. The molecule has 0 amide bonds. The highest BCUT2D eigenvalue weighted by Crippen LogP contribution is 2.54. The van der Waals surface area contributed by atoms with Crippen LogP contribution in [0.5, 0.6) is 5.75 Å². The van der Waals surface area contributed by atoms with Crippen LogP contribution < -0.4 is 0 Å². The number of hydrogen-bond acceptors (Lipinski definition) is 3. The third-order valence-corrected chi connectivity index (χ3v) is 7.53. The van der Waals surface area contributed by atoms with Crippen LogP contribution >= 0.6 is 0 Å². The number of phenols is 1. The summed E-state index contributed by atoms with van der Waals surface area (Å²) in [6, 6.07) is 17.5. The van der Waals surface area contributed by atoms with Crippen LogP contribution in [0.1, 0.15) is 28.8 Å². The first-order chi connectivity index (χ1) is 13.1. The normalized spacial score (nSPS) is 29.1. The number of aromatic nitrogens is 1. The van der Waals surface area contributed by atoms with Gasteiger partial charge in [-0.05, 0) is 79.7 Å². The molecule has 3 nitrogen and oxygen atoms in total. The predicted molar refractivity (Wildman–Crippen MR) is 107 cm³/mol. The van der Waals surface area contributed by atoms with Crippen molar-refractivity contribution in [3.05, 3.63) is 70.9 Å². The Morgan fingerprint density at radius 1 is 1.07 bits per heavy atom. The van der Waals surface area contributed by atoms with E-state index in [-0.39, 0.29) is 5.41 Å². The Kier molecular flexibility index (Phi) is 3.09. The first-order valence-electron chi connectivity index (χ1n) is 10.0. The average Bonchev–Trinajstić information content (AvgIpc) is 2.68. The van der Waals surface area contributed by atoms with E-state index in [2.05, 4.69) is 54.4 Å². The van der Waals surface area contributed by atoms with Gasteiger partial charge in [-0.25, -0.2) is 0 Å². The van der Waals surface area contributed by atoms with E-state index in [0.29, 0.717) is 17.7 Å². The Labute approximate surface area is 159 Å². The lowest BCUT2D eigenvalue weighted by molar-refractivity contribution is 0.0235. The standard InChI is InChI=1S/C24H24N2O/c1-26-9-8-24-14-22-17(10-16-4-2-3-5-21(16)25-22)11-20(24)23(26)12-15-6-7-18(27)13-19(15)24/h2-7,10,13,20,23,27H,8-9,11-12,14H2,1H3/t20-,23-,24+/m0/s1. The van der Waals surface area contributed by atoms with E-state index in [1.165, 1.54) is 27.8 Å². The molecule has 1 N–H and O–H groups in total. The molecule has 3 aliphatic rings. The Hall–Kier alpha value is -2.39. The van der Waals surface area contributed by atoms with Crippen molar-refractivity contribution in [1.29, 1.82) is 0 Å². The molecule has 1 aliphatic heterocycles. The SMILES string of the molecule is CN1CC[C@]23Cc4nc5ccccc5cc4C[C@H]2[C@@H]1Cc1ccc(O)cc13. The first kappa shape index (κ1) is 15.6. The summed E-state index contributed by atoms with van der Waals surface area (Å²) in [4.78, 5) is 7.65. The molecule has 3 aromatic rings. The molecule has 3 atom stereocenters. The van der Waals surface area contributed by atoms with Crippen LogP contribution in [0.15, 0.2) is 48.5 Å². The average molecular weight is 356 g/mol. The summed E-state index contributed by atoms with van der Waals surface area (Å²) < 4.78 is 0. The second kappa shape index (κ2) is 5.32. The quantitative estimate of drug-likeness (QED) is 0.665. The van der Waals surface area contributed by atoms with Crippen LogP contribution in [0.3, 0.4) is 0 Å². The lowest BCUT2D eigenvalue weighted by atomic mass is 9.52. The Morgan fingerprint density at radius 2 is 1.96 bits per heavy atom. The van der Waals surface area contributed by atoms with Crippen molar-refractivity contribution in [3.63, 3.8) is 0 Å². The highest BCUT2D eigenvalue weighted by molar-refractivity contribution is 5.79. The molecule has 2 bridgehead atoms. The first-order valence-corrected chi connectivity index (χ1v) is 10.0. The molecule has 2 aromatic carbocycles. The minimum atomic E-state index is 0.117. The number of fused-ring (bicyclic) bond motifs is 3. The second-order valence-corrected chi connectivity index (χ2v) is 8.77. The minimum absolute atomic E-state index is 0.117. The number of phenolic OH excluding ortho intramolecular Hbond substituents is 1. The topological polar surface area (TPSA) is 36.4 Å². The van der Waals surface area contributed by atoms with E-state index >= 15 is 0 Å². The Bertz CT molecular complexity index is 1080. The van der Waals surface area contributed by atoms with E-state index in [1.54, 1.807) is 0 Å². The van der Waals surface area contributed by atoms with Crippen molar-refractivity contribution in [3.8, 4) is 5.75 Å². The van der Waals surface area contributed by atoms with Gasteiger partial charge in [-0.2, -0.15) is 0 Å². The fourth-order valence-electron chi connectivity index (χ4n) is 6.18. The number of piperidine rings is 1. The van der Waals surface area contributed by atoms with Gasteiger partial charge in [0, 0.05) is 29.0 Å². The zero-order valence-electron chi connectivity index (χ0n) is 15.7. The van der Waals surface area contributed by atoms with Crippen molar-refractivity contribution in [2.45, 2.75) is 37.1 Å². The van der Waals surface area contributed by atoms with Crippen LogP contribution in [-0.2, 0) is 24.7 Å². The molecule has 1 fully saturated rings. The Balaban J connectivity index is 1.58. The number of rotatable bonds is 0. The highest BCUT2D eigenvalue weighted by Gasteiger charge is 2.54. The molecule has 6 rings (SSSR count). The van der Waals surface area contributed by atoms with Gasteiger partial charge in [0.15, 0.2) is 0 Å². The Morgan fingerprint density at radius 3 is 2.89 bits per heavy atom. The molecular weight excluding hydrogens is 332 g/mol. The maximum atomic E-state index is 10.2. The van der Waals surface area contributed by atoms with Crippen molar-refractivity contribution >= 4 is 10.9 Å². The zero-order chi connectivity index (χ0) is 18.2. The van der Waals surface area contributed by atoms with Gasteiger partial charge in [-0.15, -0.1) is 0 Å². The monoisotopic (exact) mass is 356 g/mol. The maximum absolute atomic E-state index is 10.2. The molecule has 0 unspecified atom stereocenters. The molecule has 2 heterocycles. The number of hydrogen-bond donors (Lipinski definition) is 1. The number of likely N-dealkylation sites (N-methyl/N-ethyl adjacent to an activating group) is 1. The van der Waals surface area contributed by atoms with Crippen LogP contribution in [0.4, 0.5) is 0 Å². The van der Waals surface area contributed by atoms with Crippen molar-refractivity contribution in [2.24, 2.45) is 5.92 Å². The molecule has 0 saturated carbocycles. The van der Waals surface area contributed by atoms with E-state index < -0.39 is 0 Å². The van der Waals surface area contributed by atoms with Gasteiger partial charge < -0.3 is 10.0 Å². The fourth-order valence-corrected chi connectivity index (χ4v) is 6.18. The van der Waals surface area contributed by atoms with Gasteiger partial charge in [0.2, 0.25) is 0 Å². The van der Waals surface area contributed by atoms with Gasteiger partial charge in [0.1, 0.15) is 5.75 Å². The van der Waals surface area contributed by atoms with Gasteiger partial charge in [0.05, 0.1) is 5.52 Å². The molecule has 136 valence electrons. The second-order valence-electron chi connectivity index (χ2n) is 8.77. The zero-order valence-corrected chi connectivity index (χ0v) is 15.7. The molecule has 27 heavy (non-hydrogen) atoms. The molecule has 0 spiro atoms. The number of pyridine rings is 1. The molecule has 1 saturated heterocycles. The van der Waals surface area contributed by atoms with Gasteiger partial charge in [-0.3, -0.25) is 4.98 Å². The number of aromatic hydroxyl groups is 1. The number of likely N-dealkylation sites (tertiary alicyclic amines) is 1. The lowest BCUT2D eigenvalue weighted by Crippen LogP contribution is -2.61. The number of para-hydroxylation sites is 1. The van der Waals surface area contributed by atoms with Crippen LogP contribution in [0.2, 0.25) is 0 Å². The van der Waals surface area contributed by atoms with Crippen LogP contribution in [0.25, 0.3) is 10.9 Å². The summed E-state index contributed by atoms with van der Waals surface area (Å²) in [6.07, 6.45) is 4.33. The number of benzene rings is 2. The predicted octanol–water partition coefficient (Wildman–Crippen LogP) is 3.85. The highest BCUT2D eigenvalue weighted by atomic mass is 16.3. The van der Waals surface area contributed by atoms with E-state index in [1.807, 2.05) is 6.07 Å². The van der Waals surface area contributed by atoms with Crippen LogP contribution in [-0.4, -0.2) is 34.6 Å². The summed E-state index contributed by atoms with van der Waals surface area (Å²) in [5.41, 5.74) is 6.72. The number of nitrogens with zero attached hydrogens (tertiary/aromatic N) is 2. The molecular formula is C24H24N2O. The minimum Gasteiger partial charge on any atom is -0.508 e. The summed E-state index contributed by atoms with van der Waals surface area (Å²) in [5, 5.41) is 11.5. The fraction of sp³-hybridized carbons (Fsp3) is 0.375. The van der Waals surface area contributed by atoms with E-state index in [0.717, 1.165) is 37.7 Å². The van der Waals surface area contributed by atoms with Crippen molar-refractivity contribution in [1.82, 2.24) is 9.88 Å².